The average Bonchev–Trinajstić information content (AvgIpc) is 3.68. The van der Waals surface area contributed by atoms with E-state index >= 15 is 4.79 Å². The van der Waals surface area contributed by atoms with Crippen molar-refractivity contribution in [3.8, 4) is 11.5 Å². The van der Waals surface area contributed by atoms with Gasteiger partial charge < -0.3 is 45.0 Å². The van der Waals surface area contributed by atoms with Crippen LogP contribution in [0.15, 0.2) is 91.0 Å². The first-order chi connectivity index (χ1) is 33.5. The Morgan fingerprint density at radius 1 is 0.757 bits per heavy atom. The predicted octanol–water partition coefficient (Wildman–Crippen LogP) is 5.72. The Morgan fingerprint density at radius 2 is 1.44 bits per heavy atom. The molecule has 3 aliphatic heterocycles. The molecule has 3 heterocycles. The third-order valence-electron chi connectivity index (χ3n) is 14.0. The number of piperidine rings is 1. The second-order valence-electron chi connectivity index (χ2n) is 18.9. The Bertz CT molecular complexity index is 2540. The average molecular weight is 997 g/mol. The second kappa shape index (κ2) is 23.3. The number of rotatable bonds is 10. The minimum Gasteiger partial charge on any atom is -0.457 e. The number of fused-ring (bicyclic) bond motifs is 1. The van der Waals surface area contributed by atoms with Gasteiger partial charge in [-0.25, -0.2) is 0 Å². The first-order valence-electron chi connectivity index (χ1n) is 23.9. The van der Waals surface area contributed by atoms with Crippen molar-refractivity contribution in [3.63, 3.8) is 0 Å². The number of likely N-dealkylation sites (N-methyl/N-ethyl adjacent to an activating group) is 2. The van der Waals surface area contributed by atoms with Gasteiger partial charge in [-0.2, -0.15) is 0 Å². The number of ether oxygens (including phenoxy) is 1. The highest BCUT2D eigenvalue weighted by molar-refractivity contribution is 6.31. The maximum Gasteiger partial charge on any atom is 0.254 e. The molecule has 6 amide bonds. The molecule has 0 aliphatic carbocycles. The molecule has 0 unspecified atom stereocenters. The van der Waals surface area contributed by atoms with Gasteiger partial charge in [0.05, 0.1) is 19.1 Å². The molecule has 372 valence electrons. The molecule has 0 saturated carbocycles. The summed E-state index contributed by atoms with van der Waals surface area (Å²) in [6, 6.07) is 22.9. The van der Waals surface area contributed by atoms with E-state index in [1.807, 2.05) is 41.3 Å². The van der Waals surface area contributed by atoms with E-state index in [1.54, 1.807) is 68.6 Å². The predicted molar refractivity (Wildman–Crippen MR) is 267 cm³/mol. The molecule has 17 heteroatoms. The second-order valence-corrected chi connectivity index (χ2v) is 19.8. The van der Waals surface area contributed by atoms with Gasteiger partial charge in [-0.1, -0.05) is 77.8 Å². The molecule has 4 aromatic carbocycles. The SMILES string of the molecule is C[C@H]1CNC(=O)C[C@H](Cc2ccc(Cl)cc2)N(C)C(=O)[C@H](CO)NC(=O)[C@H](C)N(Cc2ccc(Cl)cc2Oc2ccc3c(c2)C(=O)N(C2CCN(C)CC2)C3)C(=O)C[C@@H](Cc2ccccc2)C(=O)N1C. The quantitative estimate of drug-likeness (QED) is 0.180. The van der Waals surface area contributed by atoms with Gasteiger partial charge in [0.2, 0.25) is 29.5 Å². The van der Waals surface area contributed by atoms with Crippen LogP contribution in [0.2, 0.25) is 10.0 Å². The molecule has 2 saturated heterocycles. The number of benzene rings is 4. The highest BCUT2D eigenvalue weighted by Gasteiger charge is 2.38. The lowest BCUT2D eigenvalue weighted by Crippen LogP contribution is -2.57. The van der Waals surface area contributed by atoms with E-state index in [4.69, 9.17) is 27.9 Å². The number of likely N-dealkylation sites (tertiary alicyclic amines) is 1. The van der Waals surface area contributed by atoms with Crippen molar-refractivity contribution in [2.24, 2.45) is 5.92 Å². The molecule has 0 spiro atoms. The minimum atomic E-state index is -1.44. The molecule has 5 atom stereocenters. The summed E-state index contributed by atoms with van der Waals surface area (Å²) in [4.78, 5) is 94.1. The van der Waals surface area contributed by atoms with Crippen molar-refractivity contribution < 1.29 is 38.6 Å². The molecule has 0 aromatic heterocycles. The molecule has 0 bridgehead atoms. The summed E-state index contributed by atoms with van der Waals surface area (Å²) in [5.41, 5.74) is 3.54. The van der Waals surface area contributed by atoms with Gasteiger partial charge in [0.1, 0.15) is 23.6 Å². The molecule has 7 rings (SSSR count). The summed E-state index contributed by atoms with van der Waals surface area (Å²) in [5.74, 6) is -2.94. The van der Waals surface area contributed by atoms with Gasteiger partial charge in [0.25, 0.3) is 5.91 Å². The van der Waals surface area contributed by atoms with Crippen molar-refractivity contribution in [2.45, 2.75) is 95.7 Å². The Labute approximate surface area is 420 Å². The highest BCUT2D eigenvalue weighted by atomic mass is 35.5. The molecule has 3 aliphatic rings. The van der Waals surface area contributed by atoms with Gasteiger partial charge in [-0.05, 0) is 113 Å². The van der Waals surface area contributed by atoms with Gasteiger partial charge in [-0.3, -0.25) is 28.8 Å². The van der Waals surface area contributed by atoms with E-state index in [2.05, 4.69) is 22.6 Å². The number of hydrogen-bond acceptors (Lipinski definition) is 9. The van der Waals surface area contributed by atoms with E-state index in [0.717, 1.165) is 42.6 Å². The molecule has 70 heavy (non-hydrogen) atoms. The zero-order valence-electron chi connectivity index (χ0n) is 40.4. The third-order valence-corrected chi connectivity index (χ3v) is 14.5. The molecule has 3 N–H and O–H groups in total. The van der Waals surface area contributed by atoms with Crippen LogP contribution in [0.1, 0.15) is 72.1 Å². The lowest BCUT2D eigenvalue weighted by molar-refractivity contribution is -0.146. The summed E-state index contributed by atoms with van der Waals surface area (Å²) in [5, 5.41) is 17.1. The van der Waals surface area contributed by atoms with Crippen LogP contribution in [0.4, 0.5) is 0 Å². The monoisotopic (exact) mass is 995 g/mol. The van der Waals surface area contributed by atoms with Crippen LogP contribution in [-0.4, -0.2) is 143 Å². The van der Waals surface area contributed by atoms with E-state index in [-0.39, 0.29) is 68.3 Å². The van der Waals surface area contributed by atoms with Crippen LogP contribution < -0.4 is 15.4 Å². The van der Waals surface area contributed by atoms with Crippen LogP contribution in [0.3, 0.4) is 0 Å². The zero-order chi connectivity index (χ0) is 50.2. The first-order valence-corrected chi connectivity index (χ1v) is 24.6. The lowest BCUT2D eigenvalue weighted by Gasteiger charge is -2.35. The minimum absolute atomic E-state index is 0.0533. The summed E-state index contributed by atoms with van der Waals surface area (Å²) >= 11 is 12.7. The van der Waals surface area contributed by atoms with Gasteiger partial charge in [0, 0.05) is 79.3 Å². The summed E-state index contributed by atoms with van der Waals surface area (Å²) < 4.78 is 6.50. The fourth-order valence-electron chi connectivity index (χ4n) is 9.42. The molecule has 0 radical (unpaired) electrons. The van der Waals surface area contributed by atoms with Crippen LogP contribution in [0.25, 0.3) is 0 Å². The normalized spacial score (nSPS) is 22.9. The van der Waals surface area contributed by atoms with Crippen LogP contribution in [-0.2, 0) is 49.9 Å². The van der Waals surface area contributed by atoms with Crippen molar-refractivity contribution in [3.05, 3.63) is 129 Å². The van der Waals surface area contributed by atoms with Gasteiger partial charge >= 0.3 is 0 Å². The number of carbonyl (C=O) groups excluding carboxylic acids is 6. The lowest BCUT2D eigenvalue weighted by atomic mass is 9.93. The maximum atomic E-state index is 15.0. The molecule has 4 aromatic rings. The van der Waals surface area contributed by atoms with Crippen LogP contribution in [0.5, 0.6) is 11.5 Å². The summed E-state index contributed by atoms with van der Waals surface area (Å²) in [6.07, 6.45) is 1.81. The van der Waals surface area contributed by atoms with E-state index in [0.29, 0.717) is 33.5 Å². The Morgan fingerprint density at radius 3 is 2.14 bits per heavy atom. The number of hydrogen-bond donors (Lipinski definition) is 3. The molecule has 15 nitrogen and oxygen atoms in total. The standard InChI is InChI=1S/C53H63Cl2N7O8/c1-33-29-56-48(64)27-43(24-36-11-15-40(54)16-12-36)60(5)53(69)46(32-63)57-50(66)34(2)61(49(65)25-39(51(67)59(33)4)23-35-9-7-6-8-10-35)31-38-13-17-41(55)26-47(38)70-44-18-14-37-30-62(52(68)45(37)28-44)42-19-21-58(3)22-20-42/h6-18,26,28,33-34,39,42-43,46,63H,19-25,27,29-32H2,1-5H3,(H,56,64)(H,57,66)/t33-,34-,39+,43-,46-/m0/s1. The highest BCUT2D eigenvalue weighted by Crippen LogP contribution is 2.35. The Kier molecular flexibility index (Phi) is 17.2. The number of aliphatic hydroxyl groups excluding tert-OH is 1. The molecular weight excluding hydrogens is 934 g/mol. The van der Waals surface area contributed by atoms with Crippen molar-refractivity contribution in [2.75, 3.05) is 47.4 Å². The van der Waals surface area contributed by atoms with E-state index < -0.39 is 54.4 Å². The topological polar surface area (TPSA) is 172 Å². The Hall–Kier alpha value is -6.00. The summed E-state index contributed by atoms with van der Waals surface area (Å²) in [7, 11) is 5.23. The largest absolute Gasteiger partial charge is 0.457 e. The van der Waals surface area contributed by atoms with Crippen molar-refractivity contribution in [1.29, 1.82) is 0 Å². The maximum absolute atomic E-state index is 15.0. The zero-order valence-corrected chi connectivity index (χ0v) is 41.9. The third kappa shape index (κ3) is 12.7. The van der Waals surface area contributed by atoms with Gasteiger partial charge in [-0.15, -0.1) is 0 Å². The number of amides is 6. The first kappa shape index (κ1) is 51.8. The van der Waals surface area contributed by atoms with Crippen LogP contribution >= 0.6 is 23.2 Å². The smallest absolute Gasteiger partial charge is 0.254 e. The molecular formula is C53H63Cl2N7O8. The number of carbonyl (C=O) groups is 6. The summed E-state index contributed by atoms with van der Waals surface area (Å²) in [6.45, 7) is 4.79. The van der Waals surface area contributed by atoms with E-state index in [1.165, 1.54) is 28.7 Å². The number of aliphatic hydroxyl groups is 1. The fourth-order valence-corrected chi connectivity index (χ4v) is 9.71. The van der Waals surface area contributed by atoms with Crippen LogP contribution in [0, 0.1) is 5.92 Å². The number of halogens is 2. The number of nitrogens with one attached hydrogen (secondary N) is 2. The van der Waals surface area contributed by atoms with Crippen molar-refractivity contribution in [1.82, 2.24) is 35.1 Å². The fraction of sp³-hybridized carbons (Fsp3) is 0.434. The number of nitrogens with zero attached hydrogens (tertiary/aromatic N) is 5. The Balaban J connectivity index is 1.21. The van der Waals surface area contributed by atoms with Crippen molar-refractivity contribution >= 4 is 58.6 Å². The van der Waals surface area contributed by atoms with Gasteiger partial charge in [0.15, 0.2) is 0 Å². The van der Waals surface area contributed by atoms with E-state index in [9.17, 15) is 29.1 Å². The molecule has 2 fully saturated rings.